The van der Waals surface area contributed by atoms with Crippen molar-refractivity contribution in [1.82, 2.24) is 4.98 Å². The van der Waals surface area contributed by atoms with Crippen LogP contribution in [0.2, 0.25) is 0 Å². The lowest BCUT2D eigenvalue weighted by Crippen LogP contribution is -2.04. The molecule has 17 heavy (non-hydrogen) atoms. The van der Waals surface area contributed by atoms with Crippen LogP contribution in [0, 0.1) is 0 Å². The number of ether oxygens (including phenoxy) is 2. The fourth-order valence-electron chi connectivity index (χ4n) is 1.14. The van der Waals surface area contributed by atoms with Crippen LogP contribution in [-0.2, 0) is 9.05 Å². The molecule has 0 aliphatic heterocycles. The van der Waals surface area contributed by atoms with Gasteiger partial charge in [-0.1, -0.05) is 0 Å². The van der Waals surface area contributed by atoms with Gasteiger partial charge in [-0.25, -0.2) is 22.2 Å². The Hall–Kier alpha value is -1.15. The minimum Gasteiger partial charge on any atom is -0.493 e. The zero-order valence-electron chi connectivity index (χ0n) is 8.78. The summed E-state index contributed by atoms with van der Waals surface area (Å²) >= 11 is 0. The molecule has 9 heteroatoms. The summed E-state index contributed by atoms with van der Waals surface area (Å²) in [4.78, 5) is 3.25. The lowest BCUT2D eigenvalue weighted by atomic mass is 10.3. The molecule has 0 fully saturated rings. The molecule has 1 aromatic heterocycles. The molecule has 0 saturated carbocycles. The summed E-state index contributed by atoms with van der Waals surface area (Å²) in [7, 11) is 3.12. The molecule has 0 spiro atoms. The van der Waals surface area contributed by atoms with Gasteiger partial charge >= 0.3 is 0 Å². The Morgan fingerprint density at radius 1 is 1.35 bits per heavy atom. The molecule has 1 heterocycles. The van der Waals surface area contributed by atoms with E-state index >= 15 is 0 Å². The molecule has 0 unspecified atom stereocenters. The highest BCUT2D eigenvalue weighted by molar-refractivity contribution is 8.13. The van der Waals surface area contributed by atoms with Crippen LogP contribution in [0.5, 0.6) is 11.5 Å². The Balaban J connectivity index is 3.57. The van der Waals surface area contributed by atoms with E-state index in [-0.39, 0.29) is 11.5 Å². The van der Waals surface area contributed by atoms with E-state index in [2.05, 4.69) is 4.98 Å². The molecular formula is C8H8ClF2NO4S. The predicted molar refractivity (Wildman–Crippen MR) is 55.3 cm³/mol. The number of alkyl halides is 2. The van der Waals surface area contributed by atoms with E-state index in [1.54, 1.807) is 0 Å². The van der Waals surface area contributed by atoms with Crippen LogP contribution in [0.15, 0.2) is 11.1 Å². The molecule has 0 aliphatic carbocycles. The Labute approximate surface area is 101 Å². The molecule has 1 rings (SSSR count). The minimum absolute atomic E-state index is 0.183. The van der Waals surface area contributed by atoms with Crippen LogP contribution in [0.1, 0.15) is 12.1 Å². The van der Waals surface area contributed by atoms with E-state index in [9.17, 15) is 17.2 Å². The highest BCUT2D eigenvalue weighted by atomic mass is 35.7. The molecular weight excluding hydrogens is 280 g/mol. The highest BCUT2D eigenvalue weighted by Crippen LogP contribution is 2.37. The molecule has 0 aromatic carbocycles. The molecule has 1 aromatic rings. The first-order valence-electron chi connectivity index (χ1n) is 4.17. The van der Waals surface area contributed by atoms with Gasteiger partial charge < -0.3 is 9.47 Å². The second kappa shape index (κ2) is 5.01. The SMILES string of the molecule is COc1cc(S(=O)(=O)Cl)nc(C(F)F)c1OC. The van der Waals surface area contributed by atoms with Gasteiger partial charge in [0.15, 0.2) is 22.2 Å². The van der Waals surface area contributed by atoms with Crippen molar-refractivity contribution in [3.63, 3.8) is 0 Å². The largest absolute Gasteiger partial charge is 0.493 e. The van der Waals surface area contributed by atoms with Crippen molar-refractivity contribution in [2.45, 2.75) is 11.5 Å². The zero-order valence-corrected chi connectivity index (χ0v) is 10.3. The molecule has 0 aliphatic rings. The first-order valence-corrected chi connectivity index (χ1v) is 6.48. The molecule has 0 N–H and O–H groups in total. The summed E-state index contributed by atoms with van der Waals surface area (Å²) in [6.45, 7) is 0. The van der Waals surface area contributed by atoms with Crippen LogP contribution in [0.25, 0.3) is 0 Å². The van der Waals surface area contributed by atoms with Crippen molar-refractivity contribution in [3.05, 3.63) is 11.8 Å². The molecule has 0 atom stereocenters. The lowest BCUT2D eigenvalue weighted by molar-refractivity contribution is 0.139. The molecule has 96 valence electrons. The van der Waals surface area contributed by atoms with E-state index < -0.39 is 26.2 Å². The fourth-order valence-corrected chi connectivity index (χ4v) is 1.83. The average molecular weight is 288 g/mol. The van der Waals surface area contributed by atoms with Gasteiger partial charge in [-0.2, -0.15) is 0 Å². The third-order valence-electron chi connectivity index (χ3n) is 1.82. The van der Waals surface area contributed by atoms with Gasteiger partial charge in [0, 0.05) is 16.7 Å². The van der Waals surface area contributed by atoms with E-state index in [1.165, 1.54) is 7.11 Å². The topological polar surface area (TPSA) is 65.5 Å². The van der Waals surface area contributed by atoms with E-state index in [0.29, 0.717) is 0 Å². The van der Waals surface area contributed by atoms with Gasteiger partial charge in [0.05, 0.1) is 14.2 Å². The van der Waals surface area contributed by atoms with Crippen molar-refractivity contribution in [1.29, 1.82) is 0 Å². The molecule has 0 saturated heterocycles. The van der Waals surface area contributed by atoms with Gasteiger partial charge in [-0.15, -0.1) is 0 Å². The van der Waals surface area contributed by atoms with Crippen molar-refractivity contribution in [2.75, 3.05) is 14.2 Å². The van der Waals surface area contributed by atoms with Crippen molar-refractivity contribution < 1.29 is 26.7 Å². The van der Waals surface area contributed by atoms with Crippen LogP contribution in [-0.4, -0.2) is 27.6 Å². The third-order valence-corrected chi connectivity index (χ3v) is 3.01. The number of halogens is 3. The van der Waals surface area contributed by atoms with Crippen LogP contribution >= 0.6 is 10.7 Å². The number of nitrogens with zero attached hydrogens (tertiary/aromatic N) is 1. The number of aromatic nitrogens is 1. The summed E-state index contributed by atoms with van der Waals surface area (Å²) in [5.74, 6) is -0.511. The maximum Gasteiger partial charge on any atom is 0.284 e. The van der Waals surface area contributed by atoms with Crippen molar-refractivity contribution in [3.8, 4) is 11.5 Å². The zero-order chi connectivity index (χ0) is 13.2. The van der Waals surface area contributed by atoms with E-state index in [1.807, 2.05) is 0 Å². The van der Waals surface area contributed by atoms with Gasteiger partial charge in [0.1, 0.15) is 0 Å². The van der Waals surface area contributed by atoms with Crippen molar-refractivity contribution >= 4 is 19.7 Å². The highest BCUT2D eigenvalue weighted by Gasteiger charge is 2.25. The predicted octanol–water partition coefficient (Wildman–Crippen LogP) is 1.96. The van der Waals surface area contributed by atoms with Crippen LogP contribution in [0.4, 0.5) is 8.78 Å². The first-order chi connectivity index (χ1) is 7.81. The maximum absolute atomic E-state index is 12.7. The number of hydrogen-bond acceptors (Lipinski definition) is 5. The van der Waals surface area contributed by atoms with Gasteiger partial charge in [-0.05, 0) is 0 Å². The summed E-state index contributed by atoms with van der Waals surface area (Å²) < 4.78 is 56.8. The smallest absolute Gasteiger partial charge is 0.284 e. The fraction of sp³-hybridized carbons (Fsp3) is 0.375. The summed E-state index contributed by atoms with van der Waals surface area (Å²) in [6.07, 6.45) is -3.02. The number of hydrogen-bond donors (Lipinski definition) is 0. The number of rotatable bonds is 4. The number of pyridine rings is 1. The molecule has 0 radical (unpaired) electrons. The Morgan fingerprint density at radius 3 is 2.29 bits per heavy atom. The second-order valence-electron chi connectivity index (χ2n) is 2.82. The third kappa shape index (κ3) is 2.95. The van der Waals surface area contributed by atoms with Gasteiger partial charge in [0.25, 0.3) is 15.5 Å². The van der Waals surface area contributed by atoms with Crippen molar-refractivity contribution in [2.24, 2.45) is 0 Å². The monoisotopic (exact) mass is 287 g/mol. The van der Waals surface area contributed by atoms with E-state index in [4.69, 9.17) is 20.2 Å². The lowest BCUT2D eigenvalue weighted by Gasteiger charge is -2.12. The van der Waals surface area contributed by atoms with Gasteiger partial charge in [-0.3, -0.25) is 0 Å². The first kappa shape index (κ1) is 13.9. The summed E-state index contributed by atoms with van der Waals surface area (Å²) in [5, 5.41) is -0.716. The second-order valence-corrected chi connectivity index (χ2v) is 5.33. The Kier molecular flexibility index (Phi) is 4.10. The Bertz CT molecular complexity index is 521. The average Bonchev–Trinajstić information content (AvgIpc) is 2.25. The quantitative estimate of drug-likeness (QED) is 0.792. The van der Waals surface area contributed by atoms with Crippen LogP contribution in [0.3, 0.4) is 0 Å². The van der Waals surface area contributed by atoms with Gasteiger partial charge in [0.2, 0.25) is 0 Å². The summed E-state index contributed by atoms with van der Waals surface area (Å²) in [5.41, 5.74) is -0.842. The maximum atomic E-state index is 12.7. The minimum atomic E-state index is -4.22. The normalized spacial score (nSPS) is 11.6. The molecule has 0 amide bonds. The molecule has 0 bridgehead atoms. The summed E-state index contributed by atoms with van der Waals surface area (Å²) in [6, 6.07) is 0.910. The molecule has 5 nitrogen and oxygen atoms in total. The number of methoxy groups -OCH3 is 2. The standard InChI is InChI=1S/C8H8ClF2NO4S/c1-15-4-3-5(17(9,13)14)12-6(8(10)11)7(4)16-2/h3,8H,1-2H3. The Morgan fingerprint density at radius 2 is 1.94 bits per heavy atom. The van der Waals surface area contributed by atoms with E-state index in [0.717, 1.165) is 13.2 Å². The van der Waals surface area contributed by atoms with Crippen LogP contribution < -0.4 is 9.47 Å².